The van der Waals surface area contributed by atoms with Gasteiger partial charge in [-0.15, -0.1) is 0 Å². The van der Waals surface area contributed by atoms with Gasteiger partial charge >= 0.3 is 0 Å². The molecule has 0 aromatic heterocycles. The number of carbonyl (C=O) groups excluding carboxylic acids is 3. The molecule has 1 aromatic carbocycles. The summed E-state index contributed by atoms with van der Waals surface area (Å²) in [6.45, 7) is -0.157. The second-order valence-electron chi connectivity index (χ2n) is 5.57. The lowest BCUT2D eigenvalue weighted by molar-refractivity contribution is -0.114. The van der Waals surface area contributed by atoms with Crippen molar-refractivity contribution in [2.24, 2.45) is 0 Å². The Kier molecular flexibility index (Phi) is 8.65. The van der Waals surface area contributed by atoms with Crippen molar-refractivity contribution in [1.82, 2.24) is 10.6 Å². The maximum atomic E-state index is 12.2. The number of rotatable bonds is 9. The Morgan fingerprint density at radius 3 is 1.65 bits per heavy atom. The molecule has 0 aliphatic heterocycles. The van der Waals surface area contributed by atoms with Crippen LogP contribution in [0.2, 0.25) is 0 Å². The smallest absolute Gasteiger partial charge is 0.251 e. The van der Waals surface area contributed by atoms with Gasteiger partial charge in [0.2, 0.25) is 5.91 Å². The maximum Gasteiger partial charge on any atom is 0.251 e. The number of hydrogen-bond donors (Lipinski definition) is 7. The summed E-state index contributed by atoms with van der Waals surface area (Å²) in [5, 5.41) is 43.3. The SMILES string of the molecule is CC(=O)Nc1cc(C(=O)NCC(O)CO)cc(C(=O)NCC(O)CO)c1. The number of hydrogen-bond acceptors (Lipinski definition) is 7. The summed E-state index contributed by atoms with van der Waals surface area (Å²) in [4.78, 5) is 35.6. The molecule has 0 aliphatic carbocycles. The Morgan fingerprint density at radius 1 is 0.885 bits per heavy atom. The highest BCUT2D eigenvalue weighted by Gasteiger charge is 2.15. The molecule has 0 aliphatic rings. The van der Waals surface area contributed by atoms with E-state index in [1.54, 1.807) is 0 Å². The van der Waals surface area contributed by atoms with Crippen molar-refractivity contribution in [1.29, 1.82) is 0 Å². The Bertz CT molecular complexity index is 606. The van der Waals surface area contributed by atoms with Gasteiger partial charge < -0.3 is 36.4 Å². The number of anilines is 1. The van der Waals surface area contributed by atoms with Gasteiger partial charge in [-0.1, -0.05) is 0 Å². The summed E-state index contributed by atoms with van der Waals surface area (Å²) >= 11 is 0. The average molecular weight is 369 g/mol. The third-order valence-corrected chi connectivity index (χ3v) is 3.20. The Labute approximate surface area is 149 Å². The van der Waals surface area contributed by atoms with E-state index >= 15 is 0 Å². The Morgan fingerprint density at radius 2 is 1.31 bits per heavy atom. The number of benzene rings is 1. The maximum absolute atomic E-state index is 12.2. The van der Waals surface area contributed by atoms with E-state index in [1.165, 1.54) is 25.1 Å². The molecule has 0 saturated carbocycles. The summed E-state index contributed by atoms with van der Waals surface area (Å²) in [7, 11) is 0. The second kappa shape index (κ2) is 10.5. The molecule has 0 fully saturated rings. The molecule has 2 unspecified atom stereocenters. The molecule has 0 heterocycles. The zero-order valence-electron chi connectivity index (χ0n) is 14.2. The molecule has 7 N–H and O–H groups in total. The van der Waals surface area contributed by atoms with Gasteiger partial charge in [-0.25, -0.2) is 0 Å². The normalized spacial score (nSPS) is 12.8. The van der Waals surface area contributed by atoms with Crippen LogP contribution in [0, 0.1) is 0 Å². The van der Waals surface area contributed by atoms with Crippen molar-refractivity contribution >= 4 is 23.4 Å². The van der Waals surface area contributed by atoms with Gasteiger partial charge in [0.25, 0.3) is 11.8 Å². The van der Waals surface area contributed by atoms with Crippen LogP contribution < -0.4 is 16.0 Å². The molecule has 26 heavy (non-hydrogen) atoms. The van der Waals surface area contributed by atoms with Crippen molar-refractivity contribution in [3.05, 3.63) is 29.3 Å². The van der Waals surface area contributed by atoms with Crippen LogP contribution in [-0.2, 0) is 4.79 Å². The molecular weight excluding hydrogens is 346 g/mol. The van der Waals surface area contributed by atoms with E-state index in [9.17, 15) is 24.6 Å². The van der Waals surface area contributed by atoms with Crippen LogP contribution in [0.4, 0.5) is 5.69 Å². The number of nitrogens with one attached hydrogen (secondary N) is 3. The first-order valence-corrected chi connectivity index (χ1v) is 7.83. The molecule has 10 heteroatoms. The minimum absolute atomic E-state index is 0.0502. The largest absolute Gasteiger partial charge is 0.394 e. The fourth-order valence-corrected chi connectivity index (χ4v) is 1.92. The number of carbonyl (C=O) groups is 3. The highest BCUT2D eigenvalue weighted by molar-refractivity contribution is 6.02. The molecule has 3 amide bonds. The van der Waals surface area contributed by atoms with Gasteiger partial charge in [-0.3, -0.25) is 14.4 Å². The van der Waals surface area contributed by atoms with Crippen LogP contribution in [-0.4, -0.2) is 76.7 Å². The summed E-state index contributed by atoms with van der Waals surface area (Å²) in [6, 6.07) is 3.97. The molecule has 0 spiro atoms. The third kappa shape index (κ3) is 7.15. The van der Waals surface area contributed by atoms with Gasteiger partial charge in [0.15, 0.2) is 0 Å². The van der Waals surface area contributed by atoms with E-state index in [2.05, 4.69) is 16.0 Å². The first-order chi connectivity index (χ1) is 12.3. The van der Waals surface area contributed by atoms with Gasteiger partial charge in [-0.05, 0) is 18.2 Å². The van der Waals surface area contributed by atoms with Crippen LogP contribution in [0.3, 0.4) is 0 Å². The van der Waals surface area contributed by atoms with Crippen molar-refractivity contribution in [2.45, 2.75) is 19.1 Å². The molecule has 0 radical (unpaired) electrons. The van der Waals surface area contributed by atoms with Gasteiger partial charge in [0, 0.05) is 36.8 Å². The lowest BCUT2D eigenvalue weighted by atomic mass is 10.1. The summed E-state index contributed by atoms with van der Waals surface area (Å²) in [5.74, 6) is -1.64. The van der Waals surface area contributed by atoms with E-state index in [0.717, 1.165) is 0 Å². The predicted octanol–water partition coefficient (Wildman–Crippen LogP) is -2.19. The summed E-state index contributed by atoms with van der Waals surface area (Å²) in [5.41, 5.74) is 0.309. The Hall–Kier alpha value is -2.53. The molecule has 0 saturated heterocycles. The minimum Gasteiger partial charge on any atom is -0.394 e. The second-order valence-corrected chi connectivity index (χ2v) is 5.57. The van der Waals surface area contributed by atoms with Crippen molar-refractivity contribution < 1.29 is 34.8 Å². The zero-order valence-corrected chi connectivity index (χ0v) is 14.2. The molecule has 10 nitrogen and oxygen atoms in total. The van der Waals surface area contributed by atoms with Crippen LogP contribution >= 0.6 is 0 Å². The molecule has 144 valence electrons. The fourth-order valence-electron chi connectivity index (χ4n) is 1.92. The first kappa shape index (κ1) is 21.5. The minimum atomic E-state index is -1.12. The zero-order chi connectivity index (χ0) is 19.7. The van der Waals surface area contributed by atoms with Gasteiger partial charge in [0.05, 0.1) is 25.4 Å². The van der Waals surface area contributed by atoms with Gasteiger partial charge in [-0.2, -0.15) is 0 Å². The lowest BCUT2D eigenvalue weighted by Gasteiger charge is -2.13. The fraction of sp³-hybridized carbons (Fsp3) is 0.438. The summed E-state index contributed by atoms with van der Waals surface area (Å²) in [6.07, 6.45) is -2.25. The van der Waals surface area contributed by atoms with Crippen molar-refractivity contribution in [3.63, 3.8) is 0 Å². The van der Waals surface area contributed by atoms with Crippen molar-refractivity contribution in [2.75, 3.05) is 31.6 Å². The molecular formula is C16H23N3O7. The topological polar surface area (TPSA) is 168 Å². The van der Waals surface area contributed by atoms with Gasteiger partial charge in [0.1, 0.15) is 0 Å². The molecule has 1 rings (SSSR count). The van der Waals surface area contributed by atoms with E-state index < -0.39 is 43.1 Å². The first-order valence-electron chi connectivity index (χ1n) is 7.83. The van der Waals surface area contributed by atoms with E-state index in [-0.39, 0.29) is 29.9 Å². The van der Waals surface area contributed by atoms with Crippen LogP contribution in [0.15, 0.2) is 18.2 Å². The number of aliphatic hydroxyl groups is 4. The molecule has 2 atom stereocenters. The number of amides is 3. The Balaban J connectivity index is 3.00. The lowest BCUT2D eigenvalue weighted by Crippen LogP contribution is -2.35. The highest BCUT2D eigenvalue weighted by Crippen LogP contribution is 2.16. The average Bonchev–Trinajstić information content (AvgIpc) is 2.62. The third-order valence-electron chi connectivity index (χ3n) is 3.20. The highest BCUT2D eigenvalue weighted by atomic mass is 16.3. The van der Waals surface area contributed by atoms with E-state index in [4.69, 9.17) is 10.2 Å². The van der Waals surface area contributed by atoms with Crippen LogP contribution in [0.1, 0.15) is 27.6 Å². The quantitative estimate of drug-likeness (QED) is 0.259. The predicted molar refractivity (Wildman–Crippen MR) is 91.6 cm³/mol. The molecule has 1 aromatic rings. The van der Waals surface area contributed by atoms with E-state index in [0.29, 0.717) is 0 Å². The molecule has 0 bridgehead atoms. The van der Waals surface area contributed by atoms with Crippen molar-refractivity contribution in [3.8, 4) is 0 Å². The van der Waals surface area contributed by atoms with E-state index in [1.807, 2.05) is 0 Å². The standard InChI is InChI=1S/C16H23N3O7/c1-9(22)19-12-3-10(15(25)17-5-13(23)7-20)2-11(4-12)16(26)18-6-14(24)8-21/h2-4,13-14,20-21,23-24H,5-8H2,1H3,(H,17,25)(H,18,26)(H,19,22). The monoisotopic (exact) mass is 369 g/mol. The summed E-state index contributed by atoms with van der Waals surface area (Å²) < 4.78 is 0. The van der Waals surface area contributed by atoms with Crippen LogP contribution in [0.5, 0.6) is 0 Å². The number of aliphatic hydroxyl groups excluding tert-OH is 4. The van der Waals surface area contributed by atoms with Crippen LogP contribution in [0.25, 0.3) is 0 Å².